The molecule has 2 unspecified atom stereocenters. The SMILES string of the molecule is OCCC(S)c1c2ccccc2c(C(S)CCO)c2ccccc12. The molecule has 0 heterocycles. The third kappa shape index (κ3) is 3.16. The quantitative estimate of drug-likeness (QED) is 0.381. The van der Waals surface area contributed by atoms with Gasteiger partial charge in [0.2, 0.25) is 0 Å². The molecule has 0 saturated carbocycles. The molecular formula is C20H22O2S2. The van der Waals surface area contributed by atoms with Crippen LogP contribution < -0.4 is 0 Å². The van der Waals surface area contributed by atoms with Crippen LogP contribution >= 0.6 is 25.3 Å². The number of fused-ring (bicyclic) bond motifs is 2. The Labute approximate surface area is 153 Å². The maximum absolute atomic E-state index is 9.37. The van der Waals surface area contributed by atoms with E-state index >= 15 is 0 Å². The fraction of sp³-hybridized carbons (Fsp3) is 0.300. The Balaban J connectivity index is 2.41. The average molecular weight is 359 g/mol. The summed E-state index contributed by atoms with van der Waals surface area (Å²) in [6.45, 7) is 0.219. The van der Waals surface area contributed by atoms with Crippen LogP contribution in [-0.4, -0.2) is 23.4 Å². The van der Waals surface area contributed by atoms with Gasteiger partial charge in [0, 0.05) is 23.7 Å². The first-order chi connectivity index (χ1) is 11.7. The van der Waals surface area contributed by atoms with Crippen LogP contribution in [0.1, 0.15) is 34.5 Å². The van der Waals surface area contributed by atoms with Crippen molar-refractivity contribution in [1.29, 1.82) is 0 Å². The van der Waals surface area contributed by atoms with Crippen LogP contribution in [0.3, 0.4) is 0 Å². The Morgan fingerprint density at radius 1 is 0.625 bits per heavy atom. The minimum Gasteiger partial charge on any atom is -0.396 e. The van der Waals surface area contributed by atoms with Crippen molar-refractivity contribution in [1.82, 2.24) is 0 Å². The average Bonchev–Trinajstić information content (AvgIpc) is 2.59. The van der Waals surface area contributed by atoms with Gasteiger partial charge in [0.15, 0.2) is 0 Å². The highest BCUT2D eigenvalue weighted by Crippen LogP contribution is 2.43. The van der Waals surface area contributed by atoms with E-state index in [1.54, 1.807) is 0 Å². The van der Waals surface area contributed by atoms with Gasteiger partial charge in [-0.05, 0) is 45.5 Å². The first-order valence-electron chi connectivity index (χ1n) is 8.20. The van der Waals surface area contributed by atoms with Crippen molar-refractivity contribution in [3.63, 3.8) is 0 Å². The second-order valence-corrected chi connectivity index (χ2v) is 7.22. The largest absolute Gasteiger partial charge is 0.396 e. The minimum absolute atomic E-state index is 0.0324. The zero-order valence-electron chi connectivity index (χ0n) is 13.4. The van der Waals surface area contributed by atoms with Crippen molar-refractivity contribution in [2.45, 2.75) is 23.3 Å². The van der Waals surface area contributed by atoms with E-state index in [0.29, 0.717) is 12.8 Å². The van der Waals surface area contributed by atoms with E-state index in [9.17, 15) is 10.2 Å². The van der Waals surface area contributed by atoms with Crippen LogP contribution in [0.15, 0.2) is 48.5 Å². The summed E-state index contributed by atoms with van der Waals surface area (Å²) in [6.07, 6.45) is 1.22. The van der Waals surface area contributed by atoms with E-state index in [4.69, 9.17) is 25.3 Å². The molecule has 3 rings (SSSR count). The summed E-state index contributed by atoms with van der Waals surface area (Å²) in [4.78, 5) is 0. The topological polar surface area (TPSA) is 40.5 Å². The monoisotopic (exact) mass is 358 g/mol. The van der Waals surface area contributed by atoms with Gasteiger partial charge in [0.05, 0.1) is 0 Å². The van der Waals surface area contributed by atoms with Crippen molar-refractivity contribution in [2.24, 2.45) is 0 Å². The molecule has 0 aliphatic rings. The smallest absolute Gasteiger partial charge is 0.0444 e. The number of aliphatic hydroxyl groups is 2. The molecule has 24 heavy (non-hydrogen) atoms. The van der Waals surface area contributed by atoms with Gasteiger partial charge in [-0.1, -0.05) is 48.5 Å². The molecule has 0 fully saturated rings. The summed E-state index contributed by atoms with van der Waals surface area (Å²) >= 11 is 9.52. The van der Waals surface area contributed by atoms with Crippen LogP contribution in [0.5, 0.6) is 0 Å². The van der Waals surface area contributed by atoms with Crippen molar-refractivity contribution in [3.05, 3.63) is 59.7 Å². The Bertz CT molecular complexity index is 721. The number of hydrogen-bond acceptors (Lipinski definition) is 4. The highest BCUT2D eigenvalue weighted by Gasteiger charge is 2.20. The number of thiol groups is 2. The second kappa shape index (κ2) is 7.79. The normalized spacial score (nSPS) is 14.2. The highest BCUT2D eigenvalue weighted by molar-refractivity contribution is 7.80. The van der Waals surface area contributed by atoms with Gasteiger partial charge < -0.3 is 10.2 Å². The fourth-order valence-electron chi connectivity index (χ4n) is 3.45. The molecule has 4 heteroatoms. The molecule has 2 N–H and O–H groups in total. The summed E-state index contributed by atoms with van der Waals surface area (Å²) in [5.41, 5.74) is 2.32. The third-order valence-electron chi connectivity index (χ3n) is 4.49. The standard InChI is InChI=1S/C20H22O2S2/c21-11-9-17(23)19-13-5-1-2-6-14(13)20(18(24)10-12-22)16-8-4-3-7-15(16)19/h1-8,17-18,21-24H,9-12H2. The van der Waals surface area contributed by atoms with E-state index in [1.807, 2.05) is 24.3 Å². The maximum atomic E-state index is 9.37. The first kappa shape index (κ1) is 17.6. The molecule has 0 aliphatic heterocycles. The van der Waals surface area contributed by atoms with Gasteiger partial charge in [0.1, 0.15) is 0 Å². The van der Waals surface area contributed by atoms with Crippen molar-refractivity contribution >= 4 is 46.8 Å². The van der Waals surface area contributed by atoms with Crippen LogP contribution in [-0.2, 0) is 0 Å². The third-order valence-corrected chi connectivity index (χ3v) is 5.52. The summed E-state index contributed by atoms with van der Waals surface area (Å²) in [5, 5.41) is 23.3. The number of hydrogen-bond donors (Lipinski definition) is 4. The first-order valence-corrected chi connectivity index (χ1v) is 9.23. The lowest BCUT2D eigenvalue weighted by atomic mass is 9.88. The predicted octanol–water partition coefficient (Wildman–Crippen LogP) is 4.70. The van der Waals surface area contributed by atoms with Gasteiger partial charge in [-0.2, -0.15) is 25.3 Å². The molecule has 0 aromatic heterocycles. The molecule has 3 aromatic rings. The Morgan fingerprint density at radius 3 is 1.17 bits per heavy atom. The van der Waals surface area contributed by atoms with Gasteiger partial charge >= 0.3 is 0 Å². The van der Waals surface area contributed by atoms with Crippen LogP contribution in [0.4, 0.5) is 0 Å². The van der Waals surface area contributed by atoms with E-state index in [0.717, 1.165) is 32.7 Å². The molecule has 0 spiro atoms. The van der Waals surface area contributed by atoms with Gasteiger partial charge in [0.25, 0.3) is 0 Å². The molecule has 126 valence electrons. The zero-order chi connectivity index (χ0) is 17.1. The Hall–Kier alpha value is -1.20. The summed E-state index contributed by atoms with van der Waals surface area (Å²) in [7, 11) is 0. The van der Waals surface area contributed by atoms with Crippen LogP contribution in [0.2, 0.25) is 0 Å². The molecule has 0 amide bonds. The van der Waals surface area contributed by atoms with Crippen molar-refractivity contribution in [2.75, 3.05) is 13.2 Å². The van der Waals surface area contributed by atoms with Gasteiger partial charge in [-0.15, -0.1) is 0 Å². The zero-order valence-corrected chi connectivity index (χ0v) is 15.2. The molecule has 0 saturated heterocycles. The van der Waals surface area contributed by atoms with Crippen molar-refractivity contribution in [3.8, 4) is 0 Å². The lowest BCUT2D eigenvalue weighted by molar-refractivity contribution is 0.287. The van der Waals surface area contributed by atoms with E-state index < -0.39 is 0 Å². The highest BCUT2D eigenvalue weighted by atomic mass is 32.1. The molecule has 2 nitrogen and oxygen atoms in total. The minimum atomic E-state index is -0.0324. The molecular weight excluding hydrogens is 336 g/mol. The van der Waals surface area contributed by atoms with Gasteiger partial charge in [-0.25, -0.2) is 0 Å². The van der Waals surface area contributed by atoms with Crippen LogP contribution in [0.25, 0.3) is 21.5 Å². The van der Waals surface area contributed by atoms with E-state index in [2.05, 4.69) is 24.3 Å². The summed E-state index contributed by atoms with van der Waals surface area (Å²) in [6, 6.07) is 16.6. The molecule has 2 atom stereocenters. The Kier molecular flexibility index (Phi) is 5.72. The number of rotatable bonds is 6. The summed E-state index contributed by atoms with van der Waals surface area (Å²) in [5.74, 6) is 0. The molecule has 0 aliphatic carbocycles. The molecule has 0 bridgehead atoms. The van der Waals surface area contributed by atoms with Crippen LogP contribution in [0, 0.1) is 0 Å². The molecule has 0 radical (unpaired) electrons. The maximum Gasteiger partial charge on any atom is 0.0444 e. The van der Waals surface area contributed by atoms with E-state index in [1.165, 1.54) is 0 Å². The number of aliphatic hydroxyl groups excluding tert-OH is 2. The predicted molar refractivity (Wildman–Crippen MR) is 108 cm³/mol. The molecule has 3 aromatic carbocycles. The summed E-state index contributed by atoms with van der Waals surface area (Å²) < 4.78 is 0. The second-order valence-electron chi connectivity index (χ2n) is 5.97. The number of benzene rings is 3. The lowest BCUT2D eigenvalue weighted by Crippen LogP contribution is -2.02. The van der Waals surface area contributed by atoms with Gasteiger partial charge in [-0.3, -0.25) is 0 Å². The van der Waals surface area contributed by atoms with E-state index in [-0.39, 0.29) is 23.7 Å². The Morgan fingerprint density at radius 2 is 0.917 bits per heavy atom. The fourth-order valence-corrected chi connectivity index (χ4v) is 4.23. The lowest BCUT2D eigenvalue weighted by Gasteiger charge is -2.22. The van der Waals surface area contributed by atoms with Crippen molar-refractivity contribution < 1.29 is 10.2 Å².